The zero-order valence-electron chi connectivity index (χ0n) is 16.3. The first-order valence-electron chi connectivity index (χ1n) is 10.0. The van der Waals surface area contributed by atoms with E-state index in [-0.39, 0.29) is 17.4 Å². The van der Waals surface area contributed by atoms with Crippen LogP contribution >= 0.6 is 0 Å². The van der Waals surface area contributed by atoms with Gasteiger partial charge in [0.1, 0.15) is 22.7 Å². The number of H-pyrrole nitrogens is 1. The Labute approximate surface area is 172 Å². The Morgan fingerprint density at radius 1 is 1.10 bits per heavy atom. The minimum absolute atomic E-state index is 0.259. The molecule has 2 aromatic heterocycles. The van der Waals surface area contributed by atoms with Gasteiger partial charge in [-0.2, -0.15) is 10.2 Å². The van der Waals surface area contributed by atoms with Crippen molar-refractivity contribution in [3.05, 3.63) is 65.0 Å². The highest BCUT2D eigenvalue weighted by molar-refractivity contribution is 5.99. The second kappa shape index (κ2) is 7.64. The number of nitrogens with one attached hydrogen (secondary N) is 2. The standard InChI is InChI=1S/C22H22N6O2/c23-21-18-19(14-8-10-17(11-9-14)30-16-6-2-1-3-7-16)27-28(13-15-5-4-12-24-15)20(18)22(29)26-25-21/h1-3,6-11,15,24H,4-5,12-13H2,(H2,23,25)(H,26,29)/t15-/m0/s1. The molecule has 0 spiro atoms. The number of hydrogen-bond donors (Lipinski definition) is 3. The van der Waals surface area contributed by atoms with Gasteiger partial charge in [-0.15, -0.1) is 0 Å². The molecule has 1 aliphatic heterocycles. The summed E-state index contributed by atoms with van der Waals surface area (Å²) in [6.07, 6.45) is 2.18. The lowest BCUT2D eigenvalue weighted by Gasteiger charge is -2.10. The van der Waals surface area contributed by atoms with Crippen LogP contribution in [0.1, 0.15) is 12.8 Å². The summed E-state index contributed by atoms with van der Waals surface area (Å²) >= 11 is 0. The van der Waals surface area contributed by atoms with Crippen LogP contribution in [0.5, 0.6) is 11.5 Å². The first-order chi connectivity index (χ1) is 14.7. The third kappa shape index (κ3) is 3.42. The summed E-state index contributed by atoms with van der Waals surface area (Å²) in [5, 5.41) is 15.2. The Hall–Kier alpha value is -3.65. The maximum Gasteiger partial charge on any atom is 0.290 e. The number of anilines is 1. The molecule has 0 aliphatic carbocycles. The number of nitrogens with two attached hydrogens (primary N) is 1. The molecule has 0 saturated carbocycles. The van der Waals surface area contributed by atoms with Crippen LogP contribution in [0.15, 0.2) is 59.4 Å². The molecule has 2 aromatic carbocycles. The lowest BCUT2D eigenvalue weighted by molar-refractivity contribution is 0.482. The SMILES string of the molecule is Nc1n[nH]c(=O)c2c1c(-c1ccc(Oc3ccccc3)cc1)nn2C[C@@H]1CCCN1. The van der Waals surface area contributed by atoms with Gasteiger partial charge in [0, 0.05) is 11.6 Å². The highest BCUT2D eigenvalue weighted by Crippen LogP contribution is 2.31. The van der Waals surface area contributed by atoms with E-state index in [4.69, 9.17) is 15.6 Å². The number of ether oxygens (including phenoxy) is 1. The van der Waals surface area contributed by atoms with Crippen molar-refractivity contribution in [2.75, 3.05) is 12.3 Å². The fourth-order valence-corrected chi connectivity index (χ4v) is 3.92. The molecule has 3 heterocycles. The molecule has 0 amide bonds. The third-order valence-corrected chi connectivity index (χ3v) is 5.36. The fourth-order valence-electron chi connectivity index (χ4n) is 3.92. The molecule has 0 bridgehead atoms. The van der Waals surface area contributed by atoms with E-state index in [2.05, 4.69) is 15.5 Å². The number of nitrogens with zero attached hydrogens (tertiary/aromatic N) is 3. The molecule has 4 N–H and O–H groups in total. The fraction of sp³-hybridized carbons (Fsp3) is 0.227. The third-order valence-electron chi connectivity index (χ3n) is 5.36. The lowest BCUT2D eigenvalue weighted by Crippen LogP contribution is -2.28. The molecule has 0 radical (unpaired) electrons. The number of aromatic amines is 1. The summed E-state index contributed by atoms with van der Waals surface area (Å²) in [5.74, 6) is 1.74. The van der Waals surface area contributed by atoms with Gasteiger partial charge in [0.25, 0.3) is 5.56 Å². The summed E-state index contributed by atoms with van der Waals surface area (Å²) in [6, 6.07) is 17.5. The van der Waals surface area contributed by atoms with Crippen LogP contribution in [0.25, 0.3) is 22.2 Å². The zero-order valence-corrected chi connectivity index (χ0v) is 16.3. The van der Waals surface area contributed by atoms with Crippen LogP contribution in [0, 0.1) is 0 Å². The van der Waals surface area contributed by atoms with Crippen LogP contribution in [-0.2, 0) is 6.54 Å². The van der Waals surface area contributed by atoms with Gasteiger partial charge < -0.3 is 15.8 Å². The van der Waals surface area contributed by atoms with Crippen molar-refractivity contribution in [2.45, 2.75) is 25.4 Å². The van der Waals surface area contributed by atoms with Crippen molar-refractivity contribution >= 4 is 16.7 Å². The Kier molecular flexibility index (Phi) is 4.68. The average molecular weight is 402 g/mol. The van der Waals surface area contributed by atoms with E-state index in [9.17, 15) is 4.79 Å². The van der Waals surface area contributed by atoms with Gasteiger partial charge in [0.2, 0.25) is 0 Å². The Morgan fingerprint density at radius 3 is 2.60 bits per heavy atom. The molecule has 152 valence electrons. The maximum absolute atomic E-state index is 12.6. The first-order valence-corrected chi connectivity index (χ1v) is 10.0. The predicted molar refractivity (Wildman–Crippen MR) is 116 cm³/mol. The van der Waals surface area contributed by atoms with E-state index in [0.717, 1.165) is 30.7 Å². The van der Waals surface area contributed by atoms with Crippen LogP contribution in [-0.4, -0.2) is 32.6 Å². The number of benzene rings is 2. The number of nitrogen functional groups attached to an aromatic ring is 1. The second-order valence-corrected chi connectivity index (χ2v) is 7.43. The number of aromatic nitrogens is 4. The molecule has 8 nitrogen and oxygen atoms in total. The van der Waals surface area contributed by atoms with Crippen LogP contribution in [0.3, 0.4) is 0 Å². The van der Waals surface area contributed by atoms with Gasteiger partial charge in [-0.1, -0.05) is 18.2 Å². The molecule has 30 heavy (non-hydrogen) atoms. The molecule has 1 saturated heterocycles. The minimum Gasteiger partial charge on any atom is -0.457 e. The average Bonchev–Trinajstić information content (AvgIpc) is 3.41. The first kappa shape index (κ1) is 18.4. The number of hydrogen-bond acceptors (Lipinski definition) is 6. The largest absolute Gasteiger partial charge is 0.457 e. The van der Waals surface area contributed by atoms with Gasteiger partial charge in [-0.05, 0) is 55.8 Å². The molecule has 4 aromatic rings. The van der Waals surface area contributed by atoms with Gasteiger partial charge in [0.05, 0.1) is 11.9 Å². The van der Waals surface area contributed by atoms with Gasteiger partial charge >= 0.3 is 0 Å². The predicted octanol–water partition coefficient (Wildman–Crippen LogP) is 2.91. The van der Waals surface area contributed by atoms with Crippen LogP contribution in [0.4, 0.5) is 5.82 Å². The van der Waals surface area contributed by atoms with Crippen molar-refractivity contribution in [1.29, 1.82) is 0 Å². The number of para-hydroxylation sites is 1. The maximum atomic E-state index is 12.6. The zero-order chi connectivity index (χ0) is 20.5. The van der Waals surface area contributed by atoms with E-state index >= 15 is 0 Å². The van der Waals surface area contributed by atoms with Gasteiger partial charge in [-0.3, -0.25) is 9.48 Å². The minimum atomic E-state index is -0.292. The molecular weight excluding hydrogens is 380 g/mol. The topological polar surface area (TPSA) is 111 Å². The molecule has 0 unspecified atom stereocenters. The summed E-state index contributed by atoms with van der Waals surface area (Å²) in [4.78, 5) is 12.6. The van der Waals surface area contributed by atoms with Crippen LogP contribution < -0.4 is 21.3 Å². The molecule has 5 rings (SSSR count). The summed E-state index contributed by atoms with van der Waals surface area (Å²) < 4.78 is 7.62. The molecule has 1 aliphatic rings. The quantitative estimate of drug-likeness (QED) is 0.473. The van der Waals surface area contributed by atoms with Crippen molar-refractivity contribution in [1.82, 2.24) is 25.3 Å². The van der Waals surface area contributed by atoms with E-state index in [1.54, 1.807) is 4.68 Å². The molecule has 1 atom stereocenters. The van der Waals surface area contributed by atoms with Crippen LogP contribution in [0.2, 0.25) is 0 Å². The molecular formula is C22H22N6O2. The van der Waals surface area contributed by atoms with Gasteiger partial charge in [0.15, 0.2) is 5.82 Å². The van der Waals surface area contributed by atoms with Crippen molar-refractivity contribution in [2.24, 2.45) is 0 Å². The summed E-state index contributed by atoms with van der Waals surface area (Å²) in [5.41, 5.74) is 7.79. The number of rotatable bonds is 5. The second-order valence-electron chi connectivity index (χ2n) is 7.43. The lowest BCUT2D eigenvalue weighted by atomic mass is 10.1. The highest BCUT2D eigenvalue weighted by atomic mass is 16.5. The summed E-state index contributed by atoms with van der Waals surface area (Å²) in [6.45, 7) is 1.60. The smallest absolute Gasteiger partial charge is 0.290 e. The van der Waals surface area contributed by atoms with Crippen molar-refractivity contribution in [3.8, 4) is 22.8 Å². The van der Waals surface area contributed by atoms with E-state index < -0.39 is 0 Å². The summed E-state index contributed by atoms with van der Waals surface area (Å²) in [7, 11) is 0. The number of fused-ring (bicyclic) bond motifs is 1. The Morgan fingerprint density at radius 2 is 1.87 bits per heavy atom. The Bertz CT molecular complexity index is 1220. The molecule has 1 fully saturated rings. The Balaban J connectivity index is 1.53. The van der Waals surface area contributed by atoms with Crippen molar-refractivity contribution < 1.29 is 4.74 Å². The van der Waals surface area contributed by atoms with Gasteiger partial charge in [-0.25, -0.2) is 5.10 Å². The molecule has 8 heteroatoms. The van der Waals surface area contributed by atoms with Crippen molar-refractivity contribution in [3.63, 3.8) is 0 Å². The van der Waals surface area contributed by atoms with E-state index in [0.29, 0.717) is 28.9 Å². The highest BCUT2D eigenvalue weighted by Gasteiger charge is 2.22. The normalized spacial score (nSPS) is 16.2. The van der Waals surface area contributed by atoms with E-state index in [1.165, 1.54) is 0 Å². The monoisotopic (exact) mass is 402 g/mol. The van der Waals surface area contributed by atoms with E-state index in [1.807, 2.05) is 54.6 Å².